The first kappa shape index (κ1) is 15.4. The van der Waals surface area contributed by atoms with Crippen LogP contribution in [0.4, 0.5) is 5.82 Å². The van der Waals surface area contributed by atoms with E-state index in [1.165, 1.54) is 0 Å². The molecule has 2 N–H and O–H groups in total. The Hall–Kier alpha value is -1.69. The molecule has 6 heteroatoms. The number of hydrogen-bond donors (Lipinski definition) is 1. The van der Waals surface area contributed by atoms with Crippen molar-refractivity contribution < 1.29 is 4.79 Å². The van der Waals surface area contributed by atoms with E-state index >= 15 is 0 Å². The lowest BCUT2D eigenvalue weighted by Crippen LogP contribution is -2.39. The third-order valence-corrected chi connectivity index (χ3v) is 3.12. The lowest BCUT2D eigenvalue weighted by atomic mass is 10.2. The van der Waals surface area contributed by atoms with Gasteiger partial charge in [-0.3, -0.25) is 4.79 Å². The van der Waals surface area contributed by atoms with Crippen LogP contribution in [0.5, 0.6) is 0 Å². The zero-order valence-electron chi connectivity index (χ0n) is 11.6. The fourth-order valence-corrected chi connectivity index (χ4v) is 2.01. The van der Waals surface area contributed by atoms with Crippen molar-refractivity contribution in [3.05, 3.63) is 23.9 Å². The second kappa shape index (κ2) is 7.04. The van der Waals surface area contributed by atoms with Crippen molar-refractivity contribution in [3.63, 3.8) is 0 Å². The minimum absolute atomic E-state index is 0.0621. The summed E-state index contributed by atoms with van der Waals surface area (Å²) in [5, 5.41) is 0. The van der Waals surface area contributed by atoms with Gasteiger partial charge >= 0.3 is 0 Å². The third-order valence-electron chi connectivity index (χ3n) is 2.90. The lowest BCUT2D eigenvalue weighted by Gasteiger charge is -2.24. The Balaban J connectivity index is 2.87. The Morgan fingerprint density at radius 2 is 2.05 bits per heavy atom. The molecular formula is C13H20N4OS. The molecule has 0 aliphatic heterocycles. The van der Waals surface area contributed by atoms with Crippen LogP contribution in [-0.2, 0) is 4.79 Å². The number of pyridine rings is 1. The van der Waals surface area contributed by atoms with Crippen LogP contribution in [0.25, 0.3) is 0 Å². The van der Waals surface area contributed by atoms with Crippen LogP contribution in [0.3, 0.4) is 0 Å². The normalized spacial score (nSPS) is 10.1. The van der Waals surface area contributed by atoms with Crippen molar-refractivity contribution >= 4 is 28.9 Å². The molecule has 0 radical (unpaired) electrons. The SMILES string of the molecule is CCN(CC)C(=O)CN(C)c1ncccc1C(N)=S. The summed E-state index contributed by atoms with van der Waals surface area (Å²) in [6.45, 7) is 5.58. The average Bonchev–Trinajstić information content (AvgIpc) is 2.40. The number of likely N-dealkylation sites (N-methyl/N-ethyl adjacent to an activating group) is 2. The molecule has 1 heterocycles. The lowest BCUT2D eigenvalue weighted by molar-refractivity contribution is -0.129. The molecule has 0 spiro atoms. The zero-order chi connectivity index (χ0) is 14.4. The number of carbonyl (C=O) groups is 1. The van der Waals surface area contributed by atoms with E-state index in [-0.39, 0.29) is 17.4 Å². The molecule has 1 amide bonds. The van der Waals surface area contributed by atoms with Crippen molar-refractivity contribution in [1.82, 2.24) is 9.88 Å². The summed E-state index contributed by atoms with van der Waals surface area (Å²) >= 11 is 5.00. The van der Waals surface area contributed by atoms with E-state index in [0.29, 0.717) is 24.5 Å². The molecule has 0 atom stereocenters. The van der Waals surface area contributed by atoms with E-state index in [1.807, 2.05) is 27.0 Å². The Morgan fingerprint density at radius 1 is 1.42 bits per heavy atom. The molecule has 0 saturated carbocycles. The predicted molar refractivity (Wildman–Crippen MR) is 81.3 cm³/mol. The summed E-state index contributed by atoms with van der Waals surface area (Å²) < 4.78 is 0. The number of carbonyl (C=O) groups excluding carboxylic acids is 1. The maximum atomic E-state index is 12.1. The van der Waals surface area contributed by atoms with Crippen molar-refractivity contribution in [2.45, 2.75) is 13.8 Å². The van der Waals surface area contributed by atoms with Gasteiger partial charge in [0.25, 0.3) is 0 Å². The molecule has 19 heavy (non-hydrogen) atoms. The van der Waals surface area contributed by atoms with Gasteiger partial charge in [0, 0.05) is 26.3 Å². The first-order valence-corrected chi connectivity index (χ1v) is 6.65. The number of nitrogens with two attached hydrogens (primary N) is 1. The highest BCUT2D eigenvalue weighted by atomic mass is 32.1. The molecule has 5 nitrogen and oxygen atoms in total. The van der Waals surface area contributed by atoms with Gasteiger partial charge in [-0.25, -0.2) is 4.98 Å². The van der Waals surface area contributed by atoms with Gasteiger partial charge in [-0.2, -0.15) is 0 Å². The van der Waals surface area contributed by atoms with E-state index in [0.717, 1.165) is 0 Å². The van der Waals surface area contributed by atoms with Gasteiger partial charge < -0.3 is 15.5 Å². The highest BCUT2D eigenvalue weighted by Gasteiger charge is 2.16. The molecule has 0 bridgehead atoms. The van der Waals surface area contributed by atoms with Crippen LogP contribution in [0.15, 0.2) is 18.3 Å². The van der Waals surface area contributed by atoms with Gasteiger partial charge in [0.15, 0.2) is 0 Å². The monoisotopic (exact) mass is 280 g/mol. The Kier molecular flexibility index (Phi) is 5.69. The first-order chi connectivity index (χ1) is 9.01. The Bertz CT molecular complexity index is 460. The van der Waals surface area contributed by atoms with E-state index in [9.17, 15) is 4.79 Å². The Labute approximate surface area is 119 Å². The van der Waals surface area contributed by atoms with Crippen LogP contribution in [-0.4, -0.2) is 47.5 Å². The number of rotatable bonds is 6. The summed E-state index contributed by atoms with van der Waals surface area (Å²) in [6.07, 6.45) is 1.66. The number of anilines is 1. The van der Waals surface area contributed by atoms with E-state index in [1.54, 1.807) is 22.1 Å². The summed E-state index contributed by atoms with van der Waals surface area (Å²) in [4.78, 5) is 20.1. The summed E-state index contributed by atoms with van der Waals surface area (Å²) in [6, 6.07) is 3.58. The van der Waals surface area contributed by atoms with Crippen LogP contribution in [0, 0.1) is 0 Å². The number of hydrogen-bond acceptors (Lipinski definition) is 4. The van der Waals surface area contributed by atoms with Crippen molar-refractivity contribution in [1.29, 1.82) is 0 Å². The summed E-state index contributed by atoms with van der Waals surface area (Å²) in [7, 11) is 1.81. The van der Waals surface area contributed by atoms with Gasteiger partial charge in [-0.15, -0.1) is 0 Å². The molecule has 0 aliphatic carbocycles. The quantitative estimate of drug-likeness (QED) is 0.788. The molecule has 0 aromatic carbocycles. The van der Waals surface area contributed by atoms with Crippen molar-refractivity contribution in [2.24, 2.45) is 5.73 Å². The van der Waals surface area contributed by atoms with Crippen molar-refractivity contribution in [3.8, 4) is 0 Å². The second-order valence-electron chi connectivity index (χ2n) is 4.16. The maximum absolute atomic E-state index is 12.1. The fraction of sp³-hybridized carbons (Fsp3) is 0.462. The topological polar surface area (TPSA) is 62.5 Å². The molecule has 0 aliphatic rings. The molecular weight excluding hydrogens is 260 g/mol. The number of nitrogens with zero attached hydrogens (tertiary/aromatic N) is 3. The van der Waals surface area contributed by atoms with Crippen LogP contribution >= 0.6 is 12.2 Å². The highest BCUT2D eigenvalue weighted by molar-refractivity contribution is 7.80. The van der Waals surface area contributed by atoms with Gasteiger partial charge in [-0.1, -0.05) is 12.2 Å². The largest absolute Gasteiger partial charge is 0.389 e. The van der Waals surface area contributed by atoms with E-state index in [4.69, 9.17) is 18.0 Å². The molecule has 104 valence electrons. The van der Waals surface area contributed by atoms with E-state index in [2.05, 4.69) is 4.98 Å². The van der Waals surface area contributed by atoms with Gasteiger partial charge in [-0.05, 0) is 26.0 Å². The number of amides is 1. The van der Waals surface area contributed by atoms with Crippen molar-refractivity contribution in [2.75, 3.05) is 31.6 Å². The highest BCUT2D eigenvalue weighted by Crippen LogP contribution is 2.15. The number of aromatic nitrogens is 1. The fourth-order valence-electron chi connectivity index (χ4n) is 1.85. The molecule has 0 saturated heterocycles. The van der Waals surface area contributed by atoms with Gasteiger partial charge in [0.1, 0.15) is 10.8 Å². The molecule has 1 rings (SSSR count). The summed E-state index contributed by atoms with van der Waals surface area (Å²) in [5.41, 5.74) is 6.35. The van der Waals surface area contributed by atoms with E-state index < -0.39 is 0 Å². The minimum Gasteiger partial charge on any atom is -0.389 e. The first-order valence-electron chi connectivity index (χ1n) is 6.24. The second-order valence-corrected chi connectivity index (χ2v) is 4.60. The van der Waals surface area contributed by atoms with Gasteiger partial charge in [0.05, 0.1) is 12.1 Å². The third kappa shape index (κ3) is 3.89. The standard InChI is InChI=1S/C13H20N4OS/c1-4-17(5-2)11(18)9-16(3)13-10(12(14)19)7-6-8-15-13/h6-8H,4-5,9H2,1-3H3,(H2,14,19). The number of thiocarbonyl (C=S) groups is 1. The Morgan fingerprint density at radius 3 is 2.58 bits per heavy atom. The molecule has 1 aromatic heterocycles. The molecule has 0 fully saturated rings. The average molecular weight is 280 g/mol. The smallest absolute Gasteiger partial charge is 0.242 e. The van der Waals surface area contributed by atoms with Crippen LogP contribution in [0.2, 0.25) is 0 Å². The minimum atomic E-state index is 0.0621. The summed E-state index contributed by atoms with van der Waals surface area (Å²) in [5.74, 6) is 0.697. The maximum Gasteiger partial charge on any atom is 0.242 e. The molecule has 0 unspecified atom stereocenters. The van der Waals surface area contributed by atoms with Gasteiger partial charge in [0.2, 0.25) is 5.91 Å². The molecule has 1 aromatic rings. The van der Waals surface area contributed by atoms with Crippen LogP contribution < -0.4 is 10.6 Å². The zero-order valence-corrected chi connectivity index (χ0v) is 12.4. The predicted octanol–water partition coefficient (Wildman–Crippen LogP) is 1.02. The van der Waals surface area contributed by atoms with Crippen LogP contribution in [0.1, 0.15) is 19.4 Å².